The predicted octanol–water partition coefficient (Wildman–Crippen LogP) is 2.73. The lowest BCUT2D eigenvalue weighted by Crippen LogP contribution is -2.49. The molecule has 0 unspecified atom stereocenters. The van der Waals surface area contributed by atoms with Gasteiger partial charge in [0, 0.05) is 38.4 Å². The van der Waals surface area contributed by atoms with Crippen LogP contribution in [0.4, 0.5) is 10.1 Å². The number of esters is 1. The molecule has 2 aliphatic rings. The van der Waals surface area contributed by atoms with Gasteiger partial charge in [-0.1, -0.05) is 13.3 Å². The van der Waals surface area contributed by atoms with Crippen LogP contribution < -0.4 is 4.90 Å². The first-order chi connectivity index (χ1) is 16.4. The second-order valence-electron chi connectivity index (χ2n) is 8.30. The Balaban J connectivity index is 1.30. The number of fused-ring (bicyclic) bond motifs is 1. The number of imide groups is 1. The van der Waals surface area contributed by atoms with Crippen molar-refractivity contribution in [1.29, 1.82) is 0 Å². The molecule has 1 fully saturated rings. The lowest BCUT2D eigenvalue weighted by molar-refractivity contribution is -0.134. The Labute approximate surface area is 196 Å². The molecule has 0 aliphatic carbocycles. The van der Waals surface area contributed by atoms with Gasteiger partial charge in [0.15, 0.2) is 6.61 Å². The molecule has 2 heterocycles. The summed E-state index contributed by atoms with van der Waals surface area (Å²) in [6.45, 7) is 3.97. The number of unbranched alkanes of at least 4 members (excludes halogenated alkanes) is 1. The summed E-state index contributed by atoms with van der Waals surface area (Å²) in [6.07, 6.45) is 1.56. The third kappa shape index (κ3) is 4.78. The second kappa shape index (κ2) is 10.0. The summed E-state index contributed by atoms with van der Waals surface area (Å²) in [6, 6.07) is 10.4. The van der Waals surface area contributed by atoms with E-state index in [2.05, 4.69) is 4.90 Å². The van der Waals surface area contributed by atoms with Crippen LogP contribution in [-0.2, 0) is 9.53 Å². The van der Waals surface area contributed by atoms with Crippen LogP contribution in [0, 0.1) is 5.82 Å². The van der Waals surface area contributed by atoms with E-state index in [4.69, 9.17) is 4.74 Å². The highest BCUT2D eigenvalue weighted by Gasteiger charge is 2.35. The summed E-state index contributed by atoms with van der Waals surface area (Å²) in [5.41, 5.74) is 1.45. The number of carbonyl (C=O) groups excluding carboxylic acids is 4. The first kappa shape index (κ1) is 23.4. The van der Waals surface area contributed by atoms with Crippen molar-refractivity contribution in [2.75, 3.05) is 44.2 Å². The molecule has 8 nitrogen and oxygen atoms in total. The Morgan fingerprint density at radius 3 is 2.29 bits per heavy atom. The van der Waals surface area contributed by atoms with Gasteiger partial charge in [0.2, 0.25) is 0 Å². The summed E-state index contributed by atoms with van der Waals surface area (Å²) in [5.74, 6) is -2.12. The number of hydrogen-bond acceptors (Lipinski definition) is 6. The Morgan fingerprint density at radius 1 is 0.941 bits per heavy atom. The van der Waals surface area contributed by atoms with E-state index in [0.717, 1.165) is 12.1 Å². The molecule has 4 rings (SSSR count). The third-order valence-electron chi connectivity index (χ3n) is 6.09. The molecule has 0 atom stereocenters. The van der Waals surface area contributed by atoms with E-state index in [0.29, 0.717) is 39.1 Å². The Morgan fingerprint density at radius 2 is 1.62 bits per heavy atom. The molecule has 2 aromatic rings. The van der Waals surface area contributed by atoms with Crippen LogP contribution in [0.2, 0.25) is 0 Å². The Hall–Kier alpha value is -3.75. The van der Waals surface area contributed by atoms with E-state index in [1.165, 1.54) is 35.2 Å². The standard InChI is InChI=1S/C25H26FN3O5/c1-2-3-10-29-23(31)20-9-4-17(15-21(20)24(29)32)25(33)34-16-22(30)28-13-11-27(12-14-28)19-7-5-18(26)6-8-19/h4-9,15H,2-3,10-14,16H2,1H3. The second-order valence-corrected chi connectivity index (χ2v) is 8.30. The number of rotatable bonds is 7. The number of nitrogens with zero attached hydrogens (tertiary/aromatic N) is 3. The van der Waals surface area contributed by atoms with Gasteiger partial charge in [-0.05, 0) is 48.9 Å². The van der Waals surface area contributed by atoms with Gasteiger partial charge in [-0.3, -0.25) is 19.3 Å². The fraction of sp³-hybridized carbons (Fsp3) is 0.360. The van der Waals surface area contributed by atoms with Crippen LogP contribution in [0.1, 0.15) is 50.8 Å². The molecule has 9 heteroatoms. The maximum absolute atomic E-state index is 13.1. The van der Waals surface area contributed by atoms with Crippen molar-refractivity contribution in [3.63, 3.8) is 0 Å². The monoisotopic (exact) mass is 467 g/mol. The Bertz CT molecular complexity index is 1110. The van der Waals surface area contributed by atoms with Crippen LogP contribution in [-0.4, -0.2) is 72.8 Å². The van der Waals surface area contributed by atoms with E-state index in [-0.39, 0.29) is 34.3 Å². The van der Waals surface area contributed by atoms with Crippen LogP contribution >= 0.6 is 0 Å². The molecule has 0 radical (unpaired) electrons. The normalized spacial score (nSPS) is 15.5. The number of carbonyl (C=O) groups is 4. The largest absolute Gasteiger partial charge is 0.452 e. The van der Waals surface area contributed by atoms with Crippen LogP contribution in [0.5, 0.6) is 0 Å². The van der Waals surface area contributed by atoms with Crippen molar-refractivity contribution < 1.29 is 28.3 Å². The maximum Gasteiger partial charge on any atom is 0.338 e. The minimum absolute atomic E-state index is 0.117. The molecule has 0 aromatic heterocycles. The zero-order chi connectivity index (χ0) is 24.2. The molecule has 0 bridgehead atoms. The van der Waals surface area contributed by atoms with Crippen LogP contribution in [0.15, 0.2) is 42.5 Å². The fourth-order valence-electron chi connectivity index (χ4n) is 4.10. The highest BCUT2D eigenvalue weighted by Crippen LogP contribution is 2.25. The average Bonchev–Trinajstić information content (AvgIpc) is 3.10. The van der Waals surface area contributed by atoms with E-state index in [9.17, 15) is 23.6 Å². The molecule has 0 N–H and O–H groups in total. The molecule has 3 amide bonds. The van der Waals surface area contributed by atoms with Crippen molar-refractivity contribution in [3.05, 3.63) is 65.0 Å². The van der Waals surface area contributed by atoms with E-state index in [1.807, 2.05) is 6.92 Å². The molecule has 0 saturated carbocycles. The lowest BCUT2D eigenvalue weighted by atomic mass is 10.1. The fourth-order valence-corrected chi connectivity index (χ4v) is 4.10. The summed E-state index contributed by atoms with van der Waals surface area (Å²) in [4.78, 5) is 54.9. The molecular formula is C25H26FN3O5. The summed E-state index contributed by atoms with van der Waals surface area (Å²) < 4.78 is 18.3. The number of anilines is 1. The van der Waals surface area contributed by atoms with Crippen molar-refractivity contribution in [2.45, 2.75) is 19.8 Å². The quantitative estimate of drug-likeness (QED) is 0.460. The molecule has 34 heavy (non-hydrogen) atoms. The third-order valence-corrected chi connectivity index (χ3v) is 6.09. The number of amides is 3. The zero-order valence-corrected chi connectivity index (χ0v) is 19.0. The van der Waals surface area contributed by atoms with Gasteiger partial charge in [0.25, 0.3) is 17.7 Å². The zero-order valence-electron chi connectivity index (χ0n) is 19.0. The number of ether oxygens (including phenoxy) is 1. The molecule has 2 aliphatic heterocycles. The Kier molecular flexibility index (Phi) is 6.90. The van der Waals surface area contributed by atoms with E-state index in [1.54, 1.807) is 17.0 Å². The summed E-state index contributed by atoms with van der Waals surface area (Å²) in [5, 5.41) is 0. The van der Waals surface area contributed by atoms with Crippen molar-refractivity contribution in [2.24, 2.45) is 0 Å². The van der Waals surface area contributed by atoms with Crippen molar-refractivity contribution in [1.82, 2.24) is 9.80 Å². The predicted molar refractivity (Wildman–Crippen MR) is 122 cm³/mol. The van der Waals surface area contributed by atoms with E-state index >= 15 is 0 Å². The minimum atomic E-state index is -0.728. The molecular weight excluding hydrogens is 441 g/mol. The van der Waals surface area contributed by atoms with Gasteiger partial charge in [-0.15, -0.1) is 0 Å². The first-order valence-electron chi connectivity index (χ1n) is 11.3. The number of benzene rings is 2. The average molecular weight is 467 g/mol. The number of piperazine rings is 1. The molecule has 0 spiro atoms. The van der Waals surface area contributed by atoms with Crippen molar-refractivity contribution >= 4 is 29.4 Å². The number of halogens is 1. The highest BCUT2D eigenvalue weighted by molar-refractivity contribution is 6.22. The van der Waals surface area contributed by atoms with Gasteiger partial charge < -0.3 is 14.5 Å². The summed E-state index contributed by atoms with van der Waals surface area (Å²) in [7, 11) is 0. The van der Waals surface area contributed by atoms with Gasteiger partial charge in [0.05, 0.1) is 16.7 Å². The topological polar surface area (TPSA) is 87.2 Å². The van der Waals surface area contributed by atoms with Gasteiger partial charge >= 0.3 is 5.97 Å². The van der Waals surface area contributed by atoms with Crippen LogP contribution in [0.25, 0.3) is 0 Å². The van der Waals surface area contributed by atoms with Gasteiger partial charge in [0.1, 0.15) is 5.82 Å². The molecule has 1 saturated heterocycles. The lowest BCUT2D eigenvalue weighted by Gasteiger charge is -2.36. The molecule has 2 aromatic carbocycles. The number of hydrogen-bond donors (Lipinski definition) is 0. The molecule has 178 valence electrons. The van der Waals surface area contributed by atoms with Gasteiger partial charge in [-0.25, -0.2) is 9.18 Å². The summed E-state index contributed by atoms with van der Waals surface area (Å²) >= 11 is 0. The SMILES string of the molecule is CCCCN1C(=O)c2ccc(C(=O)OCC(=O)N3CCN(c4ccc(F)cc4)CC3)cc2C1=O. The highest BCUT2D eigenvalue weighted by atomic mass is 19.1. The smallest absolute Gasteiger partial charge is 0.338 e. The van der Waals surface area contributed by atoms with Crippen molar-refractivity contribution in [3.8, 4) is 0 Å². The maximum atomic E-state index is 13.1. The van der Waals surface area contributed by atoms with Crippen LogP contribution in [0.3, 0.4) is 0 Å². The van der Waals surface area contributed by atoms with Gasteiger partial charge in [-0.2, -0.15) is 0 Å². The first-order valence-corrected chi connectivity index (χ1v) is 11.3. The minimum Gasteiger partial charge on any atom is -0.452 e. The van der Waals surface area contributed by atoms with E-state index < -0.39 is 18.5 Å².